The largest absolute Gasteiger partial charge is 0.497 e. The van der Waals surface area contributed by atoms with Gasteiger partial charge in [-0.3, -0.25) is 9.48 Å². The monoisotopic (exact) mass is 532 g/mol. The van der Waals surface area contributed by atoms with Crippen LogP contribution in [0.4, 0.5) is 5.69 Å². The highest BCUT2D eigenvalue weighted by molar-refractivity contribution is 7.07. The average Bonchev–Trinajstić information content (AvgIpc) is 3.44. The third-order valence-corrected chi connectivity index (χ3v) is 8.99. The third-order valence-electron chi connectivity index (χ3n) is 8.15. The number of para-hydroxylation sites is 1. The van der Waals surface area contributed by atoms with E-state index in [0.717, 1.165) is 45.4 Å². The van der Waals surface area contributed by atoms with E-state index >= 15 is 0 Å². The van der Waals surface area contributed by atoms with Crippen LogP contribution >= 0.6 is 11.3 Å². The topological polar surface area (TPSA) is 62.7 Å². The maximum Gasteiger partial charge on any atom is 0.297 e. The number of rotatable bonds is 6. The van der Waals surface area contributed by atoms with Crippen molar-refractivity contribution in [1.29, 1.82) is 0 Å². The molecule has 8 heteroatoms. The molecular formula is C30H36N4O3S. The van der Waals surface area contributed by atoms with Gasteiger partial charge in [0.25, 0.3) is 5.56 Å². The Morgan fingerprint density at radius 1 is 1.03 bits per heavy atom. The molecule has 0 spiro atoms. The van der Waals surface area contributed by atoms with Gasteiger partial charge < -0.3 is 14.0 Å². The van der Waals surface area contributed by atoms with E-state index in [1.807, 2.05) is 67.2 Å². The van der Waals surface area contributed by atoms with Crippen LogP contribution in [0, 0.1) is 18.8 Å². The van der Waals surface area contributed by atoms with Gasteiger partial charge in [0.05, 0.1) is 31.3 Å². The van der Waals surface area contributed by atoms with E-state index in [-0.39, 0.29) is 11.6 Å². The number of methoxy groups -OCH3 is 2. The lowest BCUT2D eigenvalue weighted by Crippen LogP contribution is -2.32. The predicted octanol–water partition coefficient (Wildman–Crippen LogP) is 6.26. The second-order valence-electron chi connectivity index (χ2n) is 10.2. The zero-order chi connectivity index (χ0) is 27.0. The van der Waals surface area contributed by atoms with Crippen molar-refractivity contribution in [3.63, 3.8) is 0 Å². The molecule has 7 nitrogen and oxygen atoms in total. The van der Waals surface area contributed by atoms with Gasteiger partial charge in [-0.15, -0.1) is 11.3 Å². The Bertz CT molecular complexity index is 1560. The van der Waals surface area contributed by atoms with Crippen molar-refractivity contribution in [2.75, 3.05) is 14.2 Å². The van der Waals surface area contributed by atoms with E-state index in [1.54, 1.807) is 30.2 Å². The zero-order valence-electron chi connectivity index (χ0n) is 23.0. The Kier molecular flexibility index (Phi) is 7.34. The standard InChI is InChI=1S/C30H36N4O3S/c1-19-11-10-14-25(20(19)2)33-26(24-17-23(36-5)15-16-27(24)37-6)18-38-30(33)31-28-21(3)32(4)34(29(28)35)22-12-8-7-9-13-22/h7-9,12-13,15-20,25H,10-11,14H2,1-6H3. The van der Waals surface area contributed by atoms with Crippen molar-refractivity contribution in [3.05, 3.63) is 74.8 Å². The van der Waals surface area contributed by atoms with Crippen molar-refractivity contribution in [1.82, 2.24) is 13.9 Å². The van der Waals surface area contributed by atoms with Crippen LogP contribution in [0.2, 0.25) is 0 Å². The van der Waals surface area contributed by atoms with E-state index in [2.05, 4.69) is 23.8 Å². The molecule has 0 radical (unpaired) electrons. The first-order valence-corrected chi connectivity index (χ1v) is 14.0. The van der Waals surface area contributed by atoms with Crippen LogP contribution in [0.3, 0.4) is 0 Å². The van der Waals surface area contributed by atoms with Crippen molar-refractivity contribution >= 4 is 17.0 Å². The van der Waals surface area contributed by atoms with Crippen LogP contribution in [0.1, 0.15) is 44.8 Å². The second-order valence-corrected chi connectivity index (χ2v) is 11.0. The molecule has 3 unspecified atom stereocenters. The normalized spacial score (nSPS) is 20.1. The highest BCUT2D eigenvalue weighted by Crippen LogP contribution is 2.42. The number of hydrogen-bond donors (Lipinski definition) is 0. The Morgan fingerprint density at radius 3 is 2.50 bits per heavy atom. The van der Waals surface area contributed by atoms with E-state index in [9.17, 15) is 4.79 Å². The summed E-state index contributed by atoms with van der Waals surface area (Å²) in [6.45, 7) is 6.63. The molecule has 5 rings (SSSR count). The lowest BCUT2D eigenvalue weighted by Gasteiger charge is -2.36. The lowest BCUT2D eigenvalue weighted by molar-refractivity contribution is 0.185. The van der Waals surface area contributed by atoms with Gasteiger partial charge in [0, 0.05) is 24.0 Å². The van der Waals surface area contributed by atoms with Crippen molar-refractivity contribution < 1.29 is 9.47 Å². The molecule has 0 saturated heterocycles. The highest BCUT2D eigenvalue weighted by Gasteiger charge is 2.31. The molecule has 0 aliphatic heterocycles. The molecule has 3 atom stereocenters. The van der Waals surface area contributed by atoms with Gasteiger partial charge in [-0.25, -0.2) is 9.67 Å². The van der Waals surface area contributed by atoms with Gasteiger partial charge in [-0.05, 0) is 55.5 Å². The molecule has 4 aromatic rings. The summed E-state index contributed by atoms with van der Waals surface area (Å²) in [5.74, 6) is 2.61. The Labute approximate surface area is 227 Å². The molecule has 2 aromatic heterocycles. The summed E-state index contributed by atoms with van der Waals surface area (Å²) in [7, 11) is 5.27. The first kappa shape index (κ1) is 26.1. The fraction of sp³-hybridized carbons (Fsp3) is 0.400. The van der Waals surface area contributed by atoms with Crippen LogP contribution in [-0.2, 0) is 7.05 Å². The van der Waals surface area contributed by atoms with Gasteiger partial charge in [-0.2, -0.15) is 0 Å². The molecule has 1 aliphatic carbocycles. The van der Waals surface area contributed by atoms with Crippen molar-refractivity contribution in [2.45, 2.75) is 46.1 Å². The molecule has 38 heavy (non-hydrogen) atoms. The molecule has 1 aliphatic rings. The number of hydrogen-bond acceptors (Lipinski definition) is 5. The summed E-state index contributed by atoms with van der Waals surface area (Å²) >= 11 is 1.57. The fourth-order valence-corrected chi connectivity index (χ4v) is 6.58. The van der Waals surface area contributed by atoms with Crippen molar-refractivity contribution in [3.8, 4) is 28.4 Å². The number of aromatic nitrogens is 3. The first-order chi connectivity index (χ1) is 18.3. The summed E-state index contributed by atoms with van der Waals surface area (Å²) in [5, 5.41) is 2.14. The molecular weight excluding hydrogens is 496 g/mol. The summed E-state index contributed by atoms with van der Waals surface area (Å²) in [4.78, 5) is 19.6. The Balaban J connectivity index is 1.76. The maximum absolute atomic E-state index is 13.7. The van der Waals surface area contributed by atoms with Gasteiger partial charge in [-0.1, -0.05) is 44.9 Å². The van der Waals surface area contributed by atoms with Gasteiger partial charge in [0.2, 0.25) is 0 Å². The molecule has 0 N–H and O–H groups in total. The summed E-state index contributed by atoms with van der Waals surface area (Å²) in [5.41, 5.74) is 3.98. The summed E-state index contributed by atoms with van der Waals surface area (Å²) in [6.07, 6.45) is 3.46. The molecule has 2 aromatic carbocycles. The molecule has 2 heterocycles. The van der Waals surface area contributed by atoms with E-state index in [1.165, 1.54) is 12.8 Å². The SMILES string of the molecule is COc1ccc(OC)c(-c2csc(=Nc3c(C)n(C)n(-c4ccccc4)c3=O)n2C2CCCC(C)C2C)c1. The quantitative estimate of drug-likeness (QED) is 0.294. The van der Waals surface area contributed by atoms with E-state index in [4.69, 9.17) is 14.5 Å². The number of benzene rings is 2. The minimum Gasteiger partial charge on any atom is -0.497 e. The lowest BCUT2D eigenvalue weighted by atomic mass is 9.78. The zero-order valence-corrected chi connectivity index (χ0v) is 23.8. The molecule has 1 saturated carbocycles. The number of ether oxygens (including phenoxy) is 2. The third kappa shape index (κ3) is 4.51. The maximum atomic E-state index is 13.7. The average molecular weight is 533 g/mol. The van der Waals surface area contributed by atoms with Crippen LogP contribution in [0.5, 0.6) is 11.5 Å². The van der Waals surface area contributed by atoms with Crippen LogP contribution < -0.4 is 19.8 Å². The fourth-order valence-electron chi connectivity index (χ4n) is 5.63. The van der Waals surface area contributed by atoms with E-state index < -0.39 is 0 Å². The Hall–Kier alpha value is -3.52. The van der Waals surface area contributed by atoms with Crippen LogP contribution in [-0.4, -0.2) is 28.2 Å². The second kappa shape index (κ2) is 10.7. The highest BCUT2D eigenvalue weighted by atomic mass is 32.1. The number of thiazole rings is 1. The van der Waals surface area contributed by atoms with Gasteiger partial charge >= 0.3 is 0 Å². The number of nitrogens with zero attached hydrogens (tertiary/aromatic N) is 4. The van der Waals surface area contributed by atoms with E-state index in [0.29, 0.717) is 17.5 Å². The minimum absolute atomic E-state index is 0.123. The smallest absolute Gasteiger partial charge is 0.297 e. The van der Waals surface area contributed by atoms with Crippen LogP contribution in [0.15, 0.2) is 63.7 Å². The van der Waals surface area contributed by atoms with Gasteiger partial charge in [0.15, 0.2) is 10.5 Å². The molecule has 0 bridgehead atoms. The van der Waals surface area contributed by atoms with Crippen molar-refractivity contribution in [2.24, 2.45) is 23.9 Å². The minimum atomic E-state index is -0.123. The first-order valence-electron chi connectivity index (χ1n) is 13.2. The Morgan fingerprint density at radius 2 is 1.79 bits per heavy atom. The molecule has 0 amide bonds. The molecule has 1 fully saturated rings. The predicted molar refractivity (Wildman–Crippen MR) is 153 cm³/mol. The van der Waals surface area contributed by atoms with Crippen LogP contribution in [0.25, 0.3) is 16.9 Å². The summed E-state index contributed by atoms with van der Waals surface area (Å²) in [6, 6.07) is 15.8. The van der Waals surface area contributed by atoms with Gasteiger partial charge in [0.1, 0.15) is 11.5 Å². The molecule has 200 valence electrons. The summed E-state index contributed by atoms with van der Waals surface area (Å²) < 4.78 is 17.2.